The van der Waals surface area contributed by atoms with Gasteiger partial charge in [0.1, 0.15) is 5.82 Å². The molecule has 0 aliphatic rings. The van der Waals surface area contributed by atoms with E-state index in [4.69, 9.17) is 0 Å². The molecule has 0 aliphatic carbocycles. The molecular formula is C16H17FN2O3S. The van der Waals surface area contributed by atoms with Gasteiger partial charge in [0.25, 0.3) is 5.91 Å². The maximum absolute atomic E-state index is 13.7. The first-order valence-corrected chi connectivity index (χ1v) is 8.42. The Kier molecular flexibility index (Phi) is 5.12. The van der Waals surface area contributed by atoms with Crippen LogP contribution in [-0.2, 0) is 10.0 Å². The maximum atomic E-state index is 13.7. The van der Waals surface area contributed by atoms with Crippen molar-refractivity contribution in [3.8, 4) is 0 Å². The Bertz CT molecular complexity index is 822. The highest BCUT2D eigenvalue weighted by Crippen LogP contribution is 2.17. The zero-order chi connectivity index (χ0) is 17.0. The molecule has 0 fully saturated rings. The van der Waals surface area contributed by atoms with Crippen LogP contribution in [0.3, 0.4) is 0 Å². The summed E-state index contributed by atoms with van der Waals surface area (Å²) < 4.78 is 39.5. The number of amides is 1. The minimum Gasteiger partial charge on any atom is -0.345 e. The first kappa shape index (κ1) is 17.1. The number of carbonyl (C=O) groups is 1. The van der Waals surface area contributed by atoms with E-state index in [0.29, 0.717) is 5.56 Å². The molecule has 2 rings (SSSR count). The van der Waals surface area contributed by atoms with Crippen LogP contribution >= 0.6 is 0 Å². The molecule has 122 valence electrons. The second-order valence-electron chi connectivity index (χ2n) is 4.95. The lowest BCUT2D eigenvalue weighted by molar-refractivity contribution is 0.0939. The molecule has 2 aromatic rings. The summed E-state index contributed by atoms with van der Waals surface area (Å²) in [6.07, 6.45) is 0. The lowest BCUT2D eigenvalue weighted by Crippen LogP contribution is -2.27. The van der Waals surface area contributed by atoms with Crippen LogP contribution in [0, 0.1) is 5.82 Å². The van der Waals surface area contributed by atoms with E-state index >= 15 is 0 Å². The summed E-state index contributed by atoms with van der Waals surface area (Å²) in [7, 11) is -2.34. The van der Waals surface area contributed by atoms with Crippen molar-refractivity contribution in [2.75, 3.05) is 7.05 Å². The van der Waals surface area contributed by atoms with Crippen molar-refractivity contribution in [1.82, 2.24) is 10.0 Å². The fourth-order valence-corrected chi connectivity index (χ4v) is 2.88. The van der Waals surface area contributed by atoms with Crippen molar-refractivity contribution in [1.29, 1.82) is 0 Å². The van der Waals surface area contributed by atoms with E-state index in [-0.39, 0.29) is 10.5 Å². The Morgan fingerprint density at radius 3 is 2.48 bits per heavy atom. The average molecular weight is 336 g/mol. The highest BCUT2D eigenvalue weighted by molar-refractivity contribution is 7.89. The number of hydrogen-bond acceptors (Lipinski definition) is 3. The lowest BCUT2D eigenvalue weighted by atomic mass is 10.1. The van der Waals surface area contributed by atoms with E-state index in [1.807, 2.05) is 0 Å². The van der Waals surface area contributed by atoms with Crippen molar-refractivity contribution >= 4 is 15.9 Å². The van der Waals surface area contributed by atoms with Gasteiger partial charge >= 0.3 is 0 Å². The smallest absolute Gasteiger partial charge is 0.251 e. The molecule has 0 heterocycles. The summed E-state index contributed by atoms with van der Waals surface area (Å²) in [6.45, 7) is 1.66. The number of carbonyl (C=O) groups excluding carboxylic acids is 1. The molecule has 1 unspecified atom stereocenters. The molecule has 0 saturated carbocycles. The topological polar surface area (TPSA) is 75.3 Å². The zero-order valence-corrected chi connectivity index (χ0v) is 13.5. The number of benzene rings is 2. The average Bonchev–Trinajstić information content (AvgIpc) is 2.55. The first-order valence-electron chi connectivity index (χ1n) is 6.94. The molecule has 0 spiro atoms. The van der Waals surface area contributed by atoms with Gasteiger partial charge in [0.2, 0.25) is 10.0 Å². The van der Waals surface area contributed by atoms with Crippen LogP contribution in [-0.4, -0.2) is 21.4 Å². The second kappa shape index (κ2) is 6.89. The minimum absolute atomic E-state index is 0.00815. The van der Waals surface area contributed by atoms with Crippen LogP contribution < -0.4 is 10.0 Å². The summed E-state index contributed by atoms with van der Waals surface area (Å²) in [5.74, 6) is -0.888. The fourth-order valence-electron chi connectivity index (χ4n) is 2.11. The van der Waals surface area contributed by atoms with Crippen molar-refractivity contribution in [2.24, 2.45) is 0 Å². The summed E-state index contributed by atoms with van der Waals surface area (Å²) in [6, 6.07) is 11.2. The molecule has 0 radical (unpaired) electrons. The van der Waals surface area contributed by atoms with Crippen LogP contribution in [0.1, 0.15) is 28.9 Å². The number of sulfonamides is 1. The Hall–Kier alpha value is -2.25. The lowest BCUT2D eigenvalue weighted by Gasteiger charge is -2.15. The zero-order valence-electron chi connectivity index (χ0n) is 12.7. The van der Waals surface area contributed by atoms with Crippen LogP contribution in [0.25, 0.3) is 0 Å². The van der Waals surface area contributed by atoms with E-state index in [1.165, 1.54) is 37.4 Å². The van der Waals surface area contributed by atoms with Crippen LogP contribution in [0.4, 0.5) is 4.39 Å². The molecule has 0 saturated heterocycles. The van der Waals surface area contributed by atoms with Gasteiger partial charge < -0.3 is 5.32 Å². The molecule has 5 nitrogen and oxygen atoms in total. The Morgan fingerprint density at radius 2 is 1.83 bits per heavy atom. The number of halogens is 1. The maximum Gasteiger partial charge on any atom is 0.251 e. The predicted octanol–water partition coefficient (Wildman–Crippen LogP) is 2.22. The molecule has 2 N–H and O–H groups in total. The van der Waals surface area contributed by atoms with Crippen molar-refractivity contribution < 1.29 is 17.6 Å². The molecule has 0 aromatic heterocycles. The van der Waals surface area contributed by atoms with E-state index in [2.05, 4.69) is 10.0 Å². The van der Waals surface area contributed by atoms with Crippen molar-refractivity contribution in [2.45, 2.75) is 17.9 Å². The van der Waals surface area contributed by atoms with Gasteiger partial charge in [0.05, 0.1) is 10.9 Å². The molecular weight excluding hydrogens is 319 g/mol. The van der Waals surface area contributed by atoms with Crippen molar-refractivity contribution in [3.05, 3.63) is 65.5 Å². The van der Waals surface area contributed by atoms with Gasteiger partial charge in [-0.15, -0.1) is 0 Å². The van der Waals surface area contributed by atoms with Gasteiger partial charge in [0, 0.05) is 11.1 Å². The van der Waals surface area contributed by atoms with Gasteiger partial charge in [-0.2, -0.15) is 0 Å². The number of nitrogens with one attached hydrogen (secondary N) is 2. The number of rotatable bonds is 5. The second-order valence-corrected chi connectivity index (χ2v) is 6.84. The largest absolute Gasteiger partial charge is 0.345 e. The molecule has 7 heteroatoms. The van der Waals surface area contributed by atoms with Gasteiger partial charge in [-0.25, -0.2) is 17.5 Å². The SMILES string of the molecule is CNS(=O)(=O)c1cccc(C(=O)NC(C)c2ccccc2F)c1. The molecule has 1 atom stereocenters. The third kappa shape index (κ3) is 3.94. The fraction of sp³-hybridized carbons (Fsp3) is 0.188. The quantitative estimate of drug-likeness (QED) is 0.879. The Balaban J connectivity index is 2.22. The van der Waals surface area contributed by atoms with Gasteiger partial charge in [-0.1, -0.05) is 24.3 Å². The summed E-state index contributed by atoms with van der Waals surface area (Å²) in [5, 5.41) is 2.66. The third-order valence-corrected chi connectivity index (χ3v) is 4.81. The third-order valence-electron chi connectivity index (χ3n) is 3.39. The minimum atomic E-state index is -3.63. The monoisotopic (exact) mass is 336 g/mol. The van der Waals surface area contributed by atoms with E-state index < -0.39 is 27.8 Å². The van der Waals surface area contributed by atoms with Gasteiger partial charge in [-0.05, 0) is 38.2 Å². The van der Waals surface area contributed by atoms with Crippen LogP contribution in [0.2, 0.25) is 0 Å². The molecule has 2 aromatic carbocycles. The van der Waals surface area contributed by atoms with Gasteiger partial charge in [0.15, 0.2) is 0 Å². The predicted molar refractivity (Wildman–Crippen MR) is 85.0 cm³/mol. The molecule has 1 amide bonds. The Morgan fingerprint density at radius 1 is 1.13 bits per heavy atom. The Labute approximate surface area is 134 Å². The van der Waals surface area contributed by atoms with Gasteiger partial charge in [-0.3, -0.25) is 4.79 Å². The highest BCUT2D eigenvalue weighted by Gasteiger charge is 2.17. The van der Waals surface area contributed by atoms with E-state index in [0.717, 1.165) is 0 Å². The highest BCUT2D eigenvalue weighted by atomic mass is 32.2. The normalized spacial score (nSPS) is 12.7. The standard InChI is InChI=1S/C16H17FN2O3S/c1-11(14-8-3-4-9-15(14)17)19-16(20)12-6-5-7-13(10-12)23(21,22)18-2/h3-11,18H,1-2H3,(H,19,20). The van der Waals surface area contributed by atoms with Crippen LogP contribution in [0.15, 0.2) is 53.4 Å². The number of hydrogen-bond donors (Lipinski definition) is 2. The molecule has 23 heavy (non-hydrogen) atoms. The van der Waals surface area contributed by atoms with E-state index in [9.17, 15) is 17.6 Å². The summed E-state index contributed by atoms with van der Waals surface area (Å²) >= 11 is 0. The van der Waals surface area contributed by atoms with Crippen molar-refractivity contribution in [3.63, 3.8) is 0 Å². The van der Waals surface area contributed by atoms with Crippen LogP contribution in [0.5, 0.6) is 0 Å². The van der Waals surface area contributed by atoms with E-state index in [1.54, 1.807) is 25.1 Å². The summed E-state index contributed by atoms with van der Waals surface area (Å²) in [4.78, 5) is 12.3. The molecule has 0 aliphatic heterocycles. The first-order chi connectivity index (χ1) is 10.8. The summed E-state index contributed by atoms with van der Waals surface area (Å²) in [5.41, 5.74) is 0.546. The molecule has 0 bridgehead atoms.